The van der Waals surface area contributed by atoms with E-state index in [2.05, 4.69) is 15.9 Å². The maximum absolute atomic E-state index is 12.3. The molecule has 102 valence electrons. The van der Waals surface area contributed by atoms with Crippen molar-refractivity contribution in [1.29, 1.82) is 0 Å². The topological polar surface area (TPSA) is 63.4 Å². The van der Waals surface area contributed by atoms with E-state index in [1.165, 1.54) is 18.2 Å². The van der Waals surface area contributed by atoms with E-state index in [1.807, 2.05) is 0 Å². The van der Waals surface area contributed by atoms with Crippen LogP contribution in [0.1, 0.15) is 23.2 Å². The Morgan fingerprint density at radius 2 is 2.05 bits per heavy atom. The van der Waals surface area contributed by atoms with Crippen LogP contribution in [-0.4, -0.2) is 33.6 Å². The van der Waals surface area contributed by atoms with Gasteiger partial charge in [-0.15, -0.1) is 0 Å². The number of hydrogen-bond donors (Lipinski definition) is 0. The molecule has 0 atom stereocenters. The first kappa shape index (κ1) is 14.3. The lowest BCUT2D eigenvalue weighted by molar-refractivity contribution is -0.385. The summed E-state index contributed by atoms with van der Waals surface area (Å²) in [6.45, 7) is 1.19. The van der Waals surface area contributed by atoms with Crippen LogP contribution in [0.4, 0.5) is 5.69 Å². The van der Waals surface area contributed by atoms with E-state index in [1.54, 1.807) is 4.90 Å². The van der Waals surface area contributed by atoms with E-state index >= 15 is 0 Å². The van der Waals surface area contributed by atoms with Gasteiger partial charge in [0.15, 0.2) is 0 Å². The van der Waals surface area contributed by atoms with Gasteiger partial charge in [-0.3, -0.25) is 14.9 Å². The molecule has 0 aliphatic carbocycles. The Morgan fingerprint density at radius 3 is 2.63 bits per heavy atom. The number of carbonyl (C=O) groups is 1. The summed E-state index contributed by atoms with van der Waals surface area (Å²) in [6.07, 6.45) is 1.69. The number of likely N-dealkylation sites (tertiary alicyclic amines) is 1. The molecule has 0 saturated carbocycles. The van der Waals surface area contributed by atoms with Crippen LogP contribution in [-0.2, 0) is 0 Å². The molecule has 1 heterocycles. The van der Waals surface area contributed by atoms with Crippen LogP contribution in [0, 0.1) is 10.1 Å². The van der Waals surface area contributed by atoms with Gasteiger partial charge < -0.3 is 4.90 Å². The van der Waals surface area contributed by atoms with Crippen molar-refractivity contribution in [3.8, 4) is 0 Å². The maximum atomic E-state index is 12.3. The predicted octanol–water partition coefficient (Wildman–Crippen LogP) is 3.25. The van der Waals surface area contributed by atoms with E-state index in [4.69, 9.17) is 11.6 Å². The van der Waals surface area contributed by atoms with Crippen molar-refractivity contribution in [2.24, 2.45) is 0 Å². The number of nitro groups is 1. The number of amides is 1. The number of benzene rings is 1. The van der Waals surface area contributed by atoms with Crippen molar-refractivity contribution < 1.29 is 9.72 Å². The smallest absolute Gasteiger partial charge is 0.282 e. The van der Waals surface area contributed by atoms with Gasteiger partial charge in [-0.2, -0.15) is 0 Å². The Hall–Kier alpha value is -1.14. The van der Waals surface area contributed by atoms with Gasteiger partial charge in [0.1, 0.15) is 5.56 Å². The van der Waals surface area contributed by atoms with Crippen LogP contribution in [0.25, 0.3) is 0 Å². The molecule has 19 heavy (non-hydrogen) atoms. The van der Waals surface area contributed by atoms with Gasteiger partial charge in [0, 0.05) is 29.0 Å². The standard InChI is InChI=1S/C12H12BrClN2O3/c13-8-3-5-15(6-4-8)12(17)10-7-9(14)1-2-11(10)16(18)19/h1-2,7-8H,3-6H2. The lowest BCUT2D eigenvalue weighted by atomic mass is 10.1. The largest absolute Gasteiger partial charge is 0.338 e. The quantitative estimate of drug-likeness (QED) is 0.469. The van der Waals surface area contributed by atoms with Gasteiger partial charge in [-0.1, -0.05) is 27.5 Å². The monoisotopic (exact) mass is 346 g/mol. The zero-order valence-electron chi connectivity index (χ0n) is 10.0. The summed E-state index contributed by atoms with van der Waals surface area (Å²) in [5.41, 5.74) is -0.138. The molecule has 0 radical (unpaired) electrons. The highest BCUT2D eigenvalue weighted by molar-refractivity contribution is 9.09. The summed E-state index contributed by atoms with van der Waals surface area (Å²) in [5.74, 6) is -0.325. The first-order chi connectivity index (χ1) is 8.99. The van der Waals surface area contributed by atoms with E-state index in [9.17, 15) is 14.9 Å². The van der Waals surface area contributed by atoms with Crippen molar-refractivity contribution in [2.45, 2.75) is 17.7 Å². The number of carbonyl (C=O) groups excluding carboxylic acids is 1. The van der Waals surface area contributed by atoms with E-state index in [-0.39, 0.29) is 17.2 Å². The first-order valence-corrected chi connectivity index (χ1v) is 7.15. The number of rotatable bonds is 2. The predicted molar refractivity (Wildman–Crippen MR) is 76.0 cm³/mol. The number of nitro benzene ring substituents is 1. The molecule has 5 nitrogen and oxygen atoms in total. The summed E-state index contributed by atoms with van der Waals surface area (Å²) in [4.78, 5) is 24.8. The minimum Gasteiger partial charge on any atom is -0.338 e. The van der Waals surface area contributed by atoms with E-state index < -0.39 is 4.92 Å². The Bertz CT molecular complexity index is 516. The third-order valence-corrected chi connectivity index (χ3v) is 4.25. The molecule has 0 N–H and O–H groups in total. The second kappa shape index (κ2) is 5.88. The maximum Gasteiger partial charge on any atom is 0.282 e. The zero-order chi connectivity index (χ0) is 14.0. The SMILES string of the molecule is O=C(c1cc(Cl)ccc1[N+](=O)[O-])N1CCC(Br)CC1. The second-order valence-corrected chi connectivity index (χ2v) is 6.12. The van der Waals surface area contributed by atoms with Crippen molar-refractivity contribution in [3.63, 3.8) is 0 Å². The van der Waals surface area contributed by atoms with Crippen molar-refractivity contribution in [2.75, 3.05) is 13.1 Å². The van der Waals surface area contributed by atoms with Gasteiger partial charge in [0.2, 0.25) is 0 Å². The van der Waals surface area contributed by atoms with Gasteiger partial charge in [-0.25, -0.2) is 0 Å². The molecular weight excluding hydrogens is 336 g/mol. The van der Waals surface area contributed by atoms with Gasteiger partial charge in [0.25, 0.3) is 11.6 Å². The number of hydrogen-bond acceptors (Lipinski definition) is 3. The Balaban J connectivity index is 2.27. The van der Waals surface area contributed by atoms with Crippen LogP contribution in [0.2, 0.25) is 5.02 Å². The molecule has 0 spiro atoms. The van der Waals surface area contributed by atoms with Crippen LogP contribution in [0.15, 0.2) is 18.2 Å². The number of alkyl halides is 1. The van der Waals surface area contributed by atoms with Crippen LogP contribution in [0.5, 0.6) is 0 Å². The molecule has 0 aromatic heterocycles. The molecule has 7 heteroatoms. The fourth-order valence-corrected chi connectivity index (χ4v) is 2.64. The molecule has 1 aliphatic rings. The Morgan fingerprint density at radius 1 is 1.42 bits per heavy atom. The lowest BCUT2D eigenvalue weighted by Crippen LogP contribution is -2.38. The number of piperidine rings is 1. The molecule has 0 unspecified atom stereocenters. The molecule has 1 amide bonds. The molecule has 1 saturated heterocycles. The number of nitrogens with zero attached hydrogens (tertiary/aromatic N) is 2. The van der Waals surface area contributed by atoms with Gasteiger partial charge in [0.05, 0.1) is 4.92 Å². The highest BCUT2D eigenvalue weighted by Gasteiger charge is 2.27. The highest BCUT2D eigenvalue weighted by Crippen LogP contribution is 2.26. The average Bonchev–Trinajstić information content (AvgIpc) is 2.38. The van der Waals surface area contributed by atoms with Gasteiger partial charge in [-0.05, 0) is 25.0 Å². The summed E-state index contributed by atoms with van der Waals surface area (Å²) in [6, 6.07) is 4.05. The molecule has 2 rings (SSSR count). The molecule has 1 aromatic carbocycles. The summed E-state index contributed by atoms with van der Waals surface area (Å²) >= 11 is 9.33. The average molecular weight is 348 g/mol. The minimum absolute atomic E-state index is 0.0607. The van der Waals surface area contributed by atoms with Crippen LogP contribution >= 0.6 is 27.5 Å². The third kappa shape index (κ3) is 3.25. The molecule has 1 aliphatic heterocycles. The van der Waals surface area contributed by atoms with Crippen molar-refractivity contribution in [1.82, 2.24) is 4.90 Å². The number of halogens is 2. The molecule has 1 fully saturated rings. The van der Waals surface area contributed by atoms with Gasteiger partial charge >= 0.3 is 0 Å². The van der Waals surface area contributed by atoms with Crippen LogP contribution < -0.4 is 0 Å². The Kier molecular flexibility index (Phi) is 4.42. The lowest BCUT2D eigenvalue weighted by Gasteiger charge is -2.29. The molecule has 1 aromatic rings. The fourth-order valence-electron chi connectivity index (χ4n) is 2.06. The van der Waals surface area contributed by atoms with Crippen molar-refractivity contribution in [3.05, 3.63) is 38.9 Å². The third-order valence-electron chi connectivity index (χ3n) is 3.10. The molecule has 0 bridgehead atoms. The minimum atomic E-state index is -0.555. The normalized spacial score (nSPS) is 16.4. The summed E-state index contributed by atoms with van der Waals surface area (Å²) in [5, 5.41) is 11.3. The van der Waals surface area contributed by atoms with E-state index in [0.717, 1.165) is 12.8 Å². The second-order valence-electron chi connectivity index (χ2n) is 4.39. The van der Waals surface area contributed by atoms with Crippen molar-refractivity contribution >= 4 is 39.1 Å². The fraction of sp³-hybridized carbons (Fsp3) is 0.417. The van der Waals surface area contributed by atoms with E-state index in [0.29, 0.717) is 22.9 Å². The first-order valence-electron chi connectivity index (χ1n) is 5.86. The zero-order valence-corrected chi connectivity index (χ0v) is 12.4. The summed E-state index contributed by atoms with van der Waals surface area (Å²) < 4.78 is 0. The Labute approximate surface area is 123 Å². The summed E-state index contributed by atoms with van der Waals surface area (Å²) in [7, 11) is 0. The molecular formula is C12H12BrClN2O3. The van der Waals surface area contributed by atoms with Crippen LogP contribution in [0.3, 0.4) is 0 Å². The highest BCUT2D eigenvalue weighted by atomic mass is 79.9.